The zero-order valence-electron chi connectivity index (χ0n) is 70.6. The van der Waals surface area contributed by atoms with Gasteiger partial charge in [0.2, 0.25) is 94.5 Å². The molecule has 0 saturated carbocycles. The highest BCUT2D eigenvalue weighted by molar-refractivity contribution is 7.98. The average molecular weight is 1790 g/mol. The smallest absolute Gasteiger partial charge is 0.481 e. The number of thioether (sulfide) groups is 1. The summed E-state index contributed by atoms with van der Waals surface area (Å²) in [7, 11) is 0. The maximum atomic E-state index is 14.5. The fourth-order valence-corrected chi connectivity index (χ4v) is 12.8. The van der Waals surface area contributed by atoms with Gasteiger partial charge in [-0.3, -0.25) is 91.1 Å². The van der Waals surface area contributed by atoms with Gasteiger partial charge in [-0.2, -0.15) is 24.9 Å². The minimum absolute atomic E-state index is 0.00123. The van der Waals surface area contributed by atoms with Gasteiger partial charge < -0.3 is 127 Å². The Morgan fingerprint density at radius 2 is 0.960 bits per heavy atom. The number of fused-ring (bicyclic) bond motifs is 1. The molecule has 0 radical (unpaired) electrons. The van der Waals surface area contributed by atoms with Gasteiger partial charge >= 0.3 is 30.1 Å². The number of para-hydroxylation sites is 1. The van der Waals surface area contributed by atoms with Crippen LogP contribution in [0.4, 0.5) is 13.2 Å². The summed E-state index contributed by atoms with van der Waals surface area (Å²) in [6.45, 7) is 13.0. The van der Waals surface area contributed by atoms with E-state index in [9.17, 15) is 120 Å². The Labute approximate surface area is 715 Å². The Hall–Kier alpha value is -11.8. The number of aliphatic carboxylic acids is 4. The number of amides is 16. The molecule has 0 spiro atoms. The number of likely N-dealkylation sites (tertiary alicyclic amines) is 1. The number of primary amides is 1. The van der Waals surface area contributed by atoms with Gasteiger partial charge in [-0.1, -0.05) is 73.6 Å². The summed E-state index contributed by atoms with van der Waals surface area (Å²) in [6.07, 6.45) is -5.56. The van der Waals surface area contributed by atoms with Crippen molar-refractivity contribution in [3.8, 4) is 0 Å². The quantitative estimate of drug-likeness (QED) is 0.0276. The zero-order chi connectivity index (χ0) is 94.3. The molecule has 16 amide bonds. The van der Waals surface area contributed by atoms with Crippen LogP contribution in [0.5, 0.6) is 0 Å². The van der Waals surface area contributed by atoms with Crippen LogP contribution < -0.4 is 91.6 Å². The van der Waals surface area contributed by atoms with Gasteiger partial charge in [0.25, 0.3) is 0 Å². The predicted octanol–water partition coefficient (Wildman–Crippen LogP) is -5.06. The Bertz CT molecular complexity index is 4080. The highest BCUT2D eigenvalue weighted by Crippen LogP contribution is 2.23. The number of aliphatic hydroxyl groups is 1. The van der Waals surface area contributed by atoms with Gasteiger partial charge in [-0.15, -0.1) is 0 Å². The molecule has 1 saturated heterocycles. The number of carboxylic acid groups (broad SMARTS) is 4. The number of nitrogens with zero attached hydrogens (tertiary/aromatic N) is 1. The number of aromatic amines is 1. The topological polar surface area (TPSA) is 708 Å². The molecule has 44 nitrogen and oxygen atoms in total. The third kappa shape index (κ3) is 38.7. The zero-order valence-corrected chi connectivity index (χ0v) is 71.4. The summed E-state index contributed by atoms with van der Waals surface area (Å²) in [5.41, 5.74) is 18.4. The number of H-pyrrole nitrogens is 1. The second-order valence-electron chi connectivity index (χ2n) is 30.9. The van der Waals surface area contributed by atoms with Gasteiger partial charge in [0.15, 0.2) is 0 Å². The average Bonchev–Trinajstić information content (AvgIpc) is 1.20. The van der Waals surface area contributed by atoms with Crippen molar-refractivity contribution in [2.24, 2.45) is 40.9 Å². The molecular formula is C76H118F3N19O25S. The number of rotatable bonds is 52. The van der Waals surface area contributed by atoms with Crippen LogP contribution in [0.15, 0.2) is 30.5 Å². The number of carbonyl (C=O) groups excluding carboxylic acids is 16. The van der Waals surface area contributed by atoms with Crippen molar-refractivity contribution in [2.45, 2.75) is 237 Å². The maximum Gasteiger partial charge on any atom is 0.490 e. The van der Waals surface area contributed by atoms with Gasteiger partial charge in [0.05, 0.1) is 44.5 Å². The second kappa shape index (κ2) is 53.3. The molecule has 0 bridgehead atoms. The largest absolute Gasteiger partial charge is 0.490 e. The first-order valence-corrected chi connectivity index (χ1v) is 41.1. The third-order valence-corrected chi connectivity index (χ3v) is 19.3. The number of carbonyl (C=O) groups is 20. The monoisotopic (exact) mass is 1790 g/mol. The number of halogens is 3. The van der Waals surface area contributed by atoms with E-state index in [4.69, 9.17) is 32.2 Å². The molecule has 2 heterocycles. The molecule has 1 aromatic carbocycles. The van der Waals surface area contributed by atoms with Crippen LogP contribution in [0.25, 0.3) is 10.9 Å². The maximum absolute atomic E-state index is 14.5. The number of nitrogens with two attached hydrogens (primary N) is 3. The van der Waals surface area contributed by atoms with E-state index in [1.807, 2.05) is 11.6 Å². The molecule has 1 aliphatic rings. The molecule has 3 rings (SSSR count). The van der Waals surface area contributed by atoms with Crippen LogP contribution in [0.2, 0.25) is 0 Å². The molecule has 694 valence electrons. The van der Waals surface area contributed by atoms with Crippen molar-refractivity contribution in [1.29, 1.82) is 0 Å². The minimum atomic E-state index is -5.08. The van der Waals surface area contributed by atoms with Gasteiger partial charge in [-0.05, 0) is 119 Å². The number of aliphatic hydroxyl groups excluding tert-OH is 1. The number of hydrogen-bond acceptors (Lipinski definition) is 24. The predicted molar refractivity (Wildman–Crippen MR) is 436 cm³/mol. The Morgan fingerprint density at radius 3 is 1.46 bits per heavy atom. The van der Waals surface area contributed by atoms with Gasteiger partial charge in [0, 0.05) is 30.1 Å². The van der Waals surface area contributed by atoms with Crippen LogP contribution in [0.1, 0.15) is 145 Å². The Kier molecular flexibility index (Phi) is 46.5. The minimum Gasteiger partial charge on any atom is -0.481 e. The van der Waals surface area contributed by atoms with E-state index in [2.05, 4.69) is 74.1 Å². The van der Waals surface area contributed by atoms with E-state index < -0.39 is 260 Å². The summed E-state index contributed by atoms with van der Waals surface area (Å²) in [5.74, 6) is -24.6. The van der Waals surface area contributed by atoms with Crippen molar-refractivity contribution < 1.29 is 135 Å². The first-order chi connectivity index (χ1) is 57.8. The molecule has 2 aromatic rings. The summed E-state index contributed by atoms with van der Waals surface area (Å²) in [4.78, 5) is 268. The lowest BCUT2D eigenvalue weighted by Gasteiger charge is -2.31. The van der Waals surface area contributed by atoms with Gasteiger partial charge in [-0.25, -0.2) is 4.79 Å². The highest BCUT2D eigenvalue weighted by Gasteiger charge is 2.43. The number of hydrogen-bond donors (Lipinski definition) is 23. The number of benzene rings is 1. The summed E-state index contributed by atoms with van der Waals surface area (Å²) < 4.78 is 31.7. The molecule has 1 fully saturated rings. The molecule has 0 unspecified atom stereocenters. The summed E-state index contributed by atoms with van der Waals surface area (Å²) >= 11 is 1.45. The van der Waals surface area contributed by atoms with E-state index in [-0.39, 0.29) is 63.5 Å². The van der Waals surface area contributed by atoms with Crippen molar-refractivity contribution in [3.05, 3.63) is 36.0 Å². The number of unbranched alkanes of at least 4 members (excludes halogenated alkanes) is 1. The molecular weight excluding hydrogens is 1670 g/mol. The normalized spacial score (nSPS) is 15.7. The third-order valence-electron chi connectivity index (χ3n) is 18.7. The Morgan fingerprint density at radius 1 is 0.516 bits per heavy atom. The van der Waals surface area contributed by atoms with Crippen molar-refractivity contribution in [2.75, 3.05) is 44.7 Å². The van der Waals surface area contributed by atoms with Crippen molar-refractivity contribution in [3.63, 3.8) is 0 Å². The van der Waals surface area contributed by atoms with E-state index in [0.29, 0.717) is 41.5 Å². The van der Waals surface area contributed by atoms with Crippen LogP contribution in [-0.2, 0) is 102 Å². The van der Waals surface area contributed by atoms with E-state index in [1.165, 1.54) is 29.8 Å². The van der Waals surface area contributed by atoms with E-state index in [1.54, 1.807) is 79.7 Å². The molecule has 1 aliphatic heterocycles. The molecule has 14 atom stereocenters. The van der Waals surface area contributed by atoms with E-state index in [0.717, 1.165) is 6.92 Å². The van der Waals surface area contributed by atoms with Crippen LogP contribution in [0.3, 0.4) is 0 Å². The first kappa shape index (κ1) is 108. The molecule has 1 aromatic heterocycles. The Balaban J connectivity index is 0.00000710. The van der Waals surface area contributed by atoms with Crippen LogP contribution in [0, 0.1) is 23.7 Å². The lowest BCUT2D eigenvalue weighted by molar-refractivity contribution is -0.192. The number of aromatic nitrogens is 1. The lowest BCUT2D eigenvalue weighted by Crippen LogP contribution is -2.61. The van der Waals surface area contributed by atoms with Gasteiger partial charge in [0.1, 0.15) is 79.0 Å². The molecule has 0 aliphatic carbocycles. The fraction of sp³-hybridized carbons (Fsp3) is 0.632. The van der Waals surface area contributed by atoms with Crippen LogP contribution in [-0.4, -0.2) is 289 Å². The van der Waals surface area contributed by atoms with Crippen LogP contribution >= 0.6 is 11.8 Å². The number of alkyl halides is 3. The van der Waals surface area contributed by atoms with Crippen molar-refractivity contribution in [1.82, 2.24) is 84.3 Å². The molecule has 26 N–H and O–H groups in total. The van der Waals surface area contributed by atoms with Crippen molar-refractivity contribution >= 4 is 141 Å². The first-order valence-electron chi connectivity index (χ1n) is 39.7. The number of carboxylic acids is 4. The number of nitrogens with one attached hydrogen (secondary N) is 15. The molecule has 48 heteroatoms. The lowest BCUT2D eigenvalue weighted by atomic mass is 10.00. The SMILES string of the molecule is CSCC[C@H](N)C(=O)N[C@H](C(=O)N[C@@H](CC(=O)O)C(=O)NCC(=O)N[C@@H](CCCCN)C(=O)N1CCC[C@H]1C(=O)N[C@H](C(=O)N[C@@H](CC(N)=O)C(=O)N[C@@H](CC(C)C)C(=O)NCC(=O)N[C@@H](CC(C)C)C(=O)N[C@@H](Cc1c[nH]c2ccccc12)C(=O)N[C@@H](CC(=O)O)C(=O)N[C@H](C(=O)N[C@@H](C)C(=O)NCC(=O)O)[C@@H](C)O)C(C)C)C(C)C.O=C(O)C(F)(F)F. The molecule has 124 heavy (non-hydrogen) atoms. The summed E-state index contributed by atoms with van der Waals surface area (Å²) in [5, 5.41) is 80.3. The fourth-order valence-electron chi connectivity index (χ4n) is 12.3. The standard InChI is InChI=1S/C74H117N19O23S.C2HF3O2/c1-35(2)25-46(64(106)79-33-55(97)84-47(26-36(3)4)66(108)86-48(27-41-31-78-44-18-13-12-17-42(41)44)67(109)87-51(30-57(100)101)69(111)92-61(40(10)94)73(115)82-39(9)62(104)81-34-58(102)103)85-68(110)49(28-53(77)95)88-72(114)60(38(7)8)91-70(112)52-20-16-23-93(52)74(116)45(19-14-15-22-75)83-54(96)32-80-65(107)50(29-56(98)99)89-71(113)59(37(5)6)90-63(105)43(76)21-24-117-11;3-2(4,5)1(6)7/h12-13,17-18,31,35-40,43,45-52,59-61,78,94H,14-16,19-30,32-34,75-76H2,1-11H3,(H2,77,95)(H,79,106)(H,80,107)(H,81,104)(H,82,115)(H,83,96)(H,84,97)(H,85,110)(H,86,108)(H,87,109)(H,88,114)(H,89,113)(H,90,105)(H,91,112)(H,92,111)(H,98,99)(H,100,101)(H,102,103);(H,6,7)/t39-,40+,43-,45-,46-,47-,48-,49-,50-,51-,52-,59-,60-,61-;/m0./s1. The highest BCUT2D eigenvalue weighted by atomic mass is 32.2. The summed E-state index contributed by atoms with van der Waals surface area (Å²) in [6, 6.07) is -12.9. The second-order valence-corrected chi connectivity index (χ2v) is 31.9. The van der Waals surface area contributed by atoms with E-state index >= 15 is 0 Å².